The van der Waals surface area contributed by atoms with Crippen LogP contribution >= 0.6 is 0 Å². The van der Waals surface area contributed by atoms with Gasteiger partial charge in [0.2, 0.25) is 0 Å². The molecule has 2 heterocycles. The molecule has 0 unspecified atom stereocenters. The highest BCUT2D eigenvalue weighted by Crippen LogP contribution is 2.36. The molecule has 2 aliphatic rings. The van der Waals surface area contributed by atoms with Crippen molar-refractivity contribution in [3.8, 4) is 11.5 Å². The zero-order valence-electron chi connectivity index (χ0n) is 17.9. The van der Waals surface area contributed by atoms with Crippen LogP contribution in [0.5, 0.6) is 11.5 Å². The number of nitrogens with one attached hydrogen (secondary N) is 1. The van der Waals surface area contributed by atoms with E-state index in [9.17, 15) is 14.0 Å². The summed E-state index contributed by atoms with van der Waals surface area (Å²) in [6, 6.07) is 18.4. The number of hydrogen-bond acceptors (Lipinski definition) is 5. The van der Waals surface area contributed by atoms with E-state index in [0.29, 0.717) is 36.0 Å². The predicted molar refractivity (Wildman–Crippen MR) is 121 cm³/mol. The molecule has 0 aromatic heterocycles. The second-order valence-electron chi connectivity index (χ2n) is 7.92. The molecule has 3 aromatic rings. The fourth-order valence-electron chi connectivity index (χ4n) is 3.86. The zero-order valence-corrected chi connectivity index (χ0v) is 17.9. The Morgan fingerprint density at radius 3 is 2.30 bits per heavy atom. The number of imide groups is 1. The van der Waals surface area contributed by atoms with E-state index in [1.807, 2.05) is 31.2 Å². The standard InChI is InChI=1S/C26H21FN2O4/c1-16-2-4-17(5-3-16)15-29-25(30)23(18-6-8-19(27)9-7-18)24(26(29)31)28-20-10-11-21-22(14-20)33-13-12-32-21/h2-11,14,28H,12-13,15H2,1H3. The first-order valence-electron chi connectivity index (χ1n) is 10.6. The van der Waals surface area contributed by atoms with Gasteiger partial charge in [0.05, 0.1) is 12.1 Å². The molecule has 0 bridgehead atoms. The van der Waals surface area contributed by atoms with Gasteiger partial charge in [0, 0.05) is 11.8 Å². The van der Waals surface area contributed by atoms with Crippen LogP contribution in [0.4, 0.5) is 10.1 Å². The first-order valence-corrected chi connectivity index (χ1v) is 10.6. The number of halogens is 1. The molecule has 0 aliphatic carbocycles. The van der Waals surface area contributed by atoms with Crippen molar-refractivity contribution in [2.45, 2.75) is 13.5 Å². The molecule has 166 valence electrons. The van der Waals surface area contributed by atoms with E-state index in [4.69, 9.17) is 9.47 Å². The first-order chi connectivity index (χ1) is 16.0. The second-order valence-corrected chi connectivity index (χ2v) is 7.92. The highest BCUT2D eigenvalue weighted by Gasteiger charge is 2.39. The maximum absolute atomic E-state index is 13.5. The third-order valence-electron chi connectivity index (χ3n) is 5.57. The van der Waals surface area contributed by atoms with E-state index in [0.717, 1.165) is 11.1 Å². The van der Waals surface area contributed by atoms with Crippen LogP contribution in [0.25, 0.3) is 5.57 Å². The maximum Gasteiger partial charge on any atom is 0.278 e. The van der Waals surface area contributed by atoms with E-state index in [1.54, 1.807) is 18.2 Å². The Balaban J connectivity index is 1.51. The summed E-state index contributed by atoms with van der Waals surface area (Å²) in [5, 5.41) is 3.10. The van der Waals surface area contributed by atoms with Gasteiger partial charge in [-0.05, 0) is 42.3 Å². The molecule has 1 N–H and O–H groups in total. The Morgan fingerprint density at radius 1 is 0.879 bits per heavy atom. The number of amides is 2. The second kappa shape index (κ2) is 8.43. The SMILES string of the molecule is Cc1ccc(CN2C(=O)C(Nc3ccc4c(c3)OCCO4)=C(c3ccc(F)cc3)C2=O)cc1. The summed E-state index contributed by atoms with van der Waals surface area (Å²) in [7, 11) is 0. The average Bonchev–Trinajstić information content (AvgIpc) is 3.05. The van der Waals surface area contributed by atoms with Crippen molar-refractivity contribution in [3.05, 3.63) is 94.9 Å². The first kappa shape index (κ1) is 20.8. The monoisotopic (exact) mass is 444 g/mol. The zero-order chi connectivity index (χ0) is 22.9. The highest BCUT2D eigenvalue weighted by atomic mass is 19.1. The lowest BCUT2D eigenvalue weighted by Gasteiger charge is -2.19. The van der Waals surface area contributed by atoms with Crippen LogP contribution in [0.2, 0.25) is 0 Å². The molecule has 0 radical (unpaired) electrons. The summed E-state index contributed by atoms with van der Waals surface area (Å²) in [6.07, 6.45) is 0. The number of aryl methyl sites for hydroxylation is 1. The minimum absolute atomic E-state index is 0.134. The van der Waals surface area contributed by atoms with E-state index < -0.39 is 17.6 Å². The lowest BCUT2D eigenvalue weighted by molar-refractivity contribution is -0.137. The Kier molecular flexibility index (Phi) is 5.30. The van der Waals surface area contributed by atoms with Gasteiger partial charge >= 0.3 is 0 Å². The predicted octanol–water partition coefficient (Wildman–Crippen LogP) is 4.30. The largest absolute Gasteiger partial charge is 0.486 e. The van der Waals surface area contributed by atoms with Crippen LogP contribution in [0.15, 0.2) is 72.4 Å². The molecule has 2 amide bonds. The van der Waals surface area contributed by atoms with Crippen LogP contribution in [0, 0.1) is 12.7 Å². The third kappa shape index (κ3) is 4.05. The minimum atomic E-state index is -0.449. The molecule has 0 saturated heterocycles. The van der Waals surface area contributed by atoms with E-state index >= 15 is 0 Å². The molecule has 0 fully saturated rings. The van der Waals surface area contributed by atoms with Crippen molar-refractivity contribution in [1.29, 1.82) is 0 Å². The van der Waals surface area contributed by atoms with Crippen molar-refractivity contribution in [3.63, 3.8) is 0 Å². The lowest BCUT2D eigenvalue weighted by Crippen LogP contribution is -2.32. The van der Waals surface area contributed by atoms with E-state index in [2.05, 4.69) is 5.32 Å². The van der Waals surface area contributed by atoms with Gasteiger partial charge in [0.1, 0.15) is 24.7 Å². The summed E-state index contributed by atoms with van der Waals surface area (Å²) < 4.78 is 24.7. The molecule has 0 spiro atoms. The molecule has 5 rings (SSSR count). The van der Waals surface area contributed by atoms with Crippen molar-refractivity contribution in [2.75, 3.05) is 18.5 Å². The van der Waals surface area contributed by atoms with Gasteiger partial charge in [-0.15, -0.1) is 0 Å². The molecule has 3 aromatic carbocycles. The van der Waals surface area contributed by atoms with Crippen LogP contribution in [0.3, 0.4) is 0 Å². The van der Waals surface area contributed by atoms with Crippen molar-refractivity contribution in [2.24, 2.45) is 0 Å². The summed E-state index contributed by atoms with van der Waals surface area (Å²) in [5.41, 5.74) is 3.29. The molecular weight excluding hydrogens is 423 g/mol. The smallest absolute Gasteiger partial charge is 0.278 e. The average molecular weight is 444 g/mol. The van der Waals surface area contributed by atoms with Gasteiger partial charge in [0.15, 0.2) is 11.5 Å². The molecule has 33 heavy (non-hydrogen) atoms. The number of anilines is 1. The number of fused-ring (bicyclic) bond motifs is 1. The number of benzene rings is 3. The fourth-order valence-corrected chi connectivity index (χ4v) is 3.86. The normalized spacial score (nSPS) is 15.3. The Morgan fingerprint density at radius 2 is 1.58 bits per heavy atom. The van der Waals surface area contributed by atoms with Crippen LogP contribution in [-0.2, 0) is 16.1 Å². The van der Waals surface area contributed by atoms with Crippen LogP contribution in [-0.4, -0.2) is 29.9 Å². The molecule has 6 nitrogen and oxygen atoms in total. The van der Waals surface area contributed by atoms with E-state index in [-0.39, 0.29) is 17.8 Å². The number of ether oxygens (including phenoxy) is 2. The number of hydrogen-bond donors (Lipinski definition) is 1. The maximum atomic E-state index is 13.5. The van der Waals surface area contributed by atoms with Crippen LogP contribution in [0.1, 0.15) is 16.7 Å². The molecular formula is C26H21FN2O4. The summed E-state index contributed by atoms with van der Waals surface area (Å²) in [6.45, 7) is 3.01. The van der Waals surface area contributed by atoms with Crippen molar-refractivity contribution < 1.29 is 23.5 Å². The fraction of sp³-hybridized carbons (Fsp3) is 0.154. The Bertz CT molecular complexity index is 1270. The summed E-state index contributed by atoms with van der Waals surface area (Å²) in [5.74, 6) is -0.131. The van der Waals surface area contributed by atoms with Gasteiger partial charge in [-0.1, -0.05) is 42.0 Å². The van der Waals surface area contributed by atoms with Gasteiger partial charge in [-0.2, -0.15) is 0 Å². The van der Waals surface area contributed by atoms with Crippen LogP contribution < -0.4 is 14.8 Å². The number of rotatable bonds is 5. The summed E-state index contributed by atoms with van der Waals surface area (Å²) in [4.78, 5) is 28.0. The van der Waals surface area contributed by atoms with Crippen molar-refractivity contribution in [1.82, 2.24) is 4.90 Å². The van der Waals surface area contributed by atoms with Gasteiger partial charge < -0.3 is 14.8 Å². The molecule has 0 saturated carbocycles. The molecule has 7 heteroatoms. The minimum Gasteiger partial charge on any atom is -0.486 e. The molecule has 2 aliphatic heterocycles. The number of carbonyl (C=O) groups excluding carboxylic acids is 2. The lowest BCUT2D eigenvalue weighted by atomic mass is 10.0. The van der Waals surface area contributed by atoms with Gasteiger partial charge in [0.25, 0.3) is 11.8 Å². The van der Waals surface area contributed by atoms with Crippen molar-refractivity contribution >= 4 is 23.1 Å². The quantitative estimate of drug-likeness (QED) is 0.595. The van der Waals surface area contributed by atoms with Gasteiger partial charge in [-0.25, -0.2) is 4.39 Å². The topological polar surface area (TPSA) is 67.9 Å². The molecule has 0 atom stereocenters. The Hall–Kier alpha value is -4.13. The highest BCUT2D eigenvalue weighted by molar-refractivity contribution is 6.36. The summed E-state index contributed by atoms with van der Waals surface area (Å²) >= 11 is 0. The third-order valence-corrected chi connectivity index (χ3v) is 5.57. The van der Waals surface area contributed by atoms with Gasteiger partial charge in [-0.3, -0.25) is 14.5 Å². The number of nitrogens with zero attached hydrogens (tertiary/aromatic N) is 1. The Labute approximate surface area is 190 Å². The van der Waals surface area contributed by atoms with E-state index in [1.165, 1.54) is 29.2 Å². The number of carbonyl (C=O) groups is 2.